The number of carbonyl (C=O) groups excluding carboxylic acids is 2. The van der Waals surface area contributed by atoms with Crippen molar-refractivity contribution in [3.63, 3.8) is 0 Å². The molecule has 1 aliphatic rings. The maximum Gasteiger partial charge on any atom is 0.233 e. The number of carbonyl (C=O) groups is 2. The summed E-state index contributed by atoms with van der Waals surface area (Å²) in [5.74, 6) is -0.410. The first-order valence-corrected chi connectivity index (χ1v) is 7.02. The summed E-state index contributed by atoms with van der Waals surface area (Å²) in [4.78, 5) is 23.7. The summed E-state index contributed by atoms with van der Waals surface area (Å²) in [7, 11) is 0. The van der Waals surface area contributed by atoms with E-state index in [9.17, 15) is 9.59 Å². The molecule has 2 amide bonds. The predicted octanol–water partition coefficient (Wildman–Crippen LogP) is 0.324. The summed E-state index contributed by atoms with van der Waals surface area (Å²) >= 11 is 0. The first-order chi connectivity index (χ1) is 9.46. The molecule has 0 saturated heterocycles. The lowest BCUT2D eigenvalue weighted by Crippen LogP contribution is -2.54. The van der Waals surface area contributed by atoms with Crippen molar-refractivity contribution in [3.8, 4) is 0 Å². The van der Waals surface area contributed by atoms with Crippen LogP contribution in [0.15, 0.2) is 5.16 Å². The second kappa shape index (κ2) is 7.12. The minimum atomic E-state index is -0.887. The molecule has 1 atom stereocenters. The van der Waals surface area contributed by atoms with E-state index in [4.69, 9.17) is 10.9 Å². The minimum absolute atomic E-state index is 0.0506. The van der Waals surface area contributed by atoms with Crippen molar-refractivity contribution in [1.29, 1.82) is 0 Å². The molecule has 7 nitrogen and oxygen atoms in total. The molecule has 20 heavy (non-hydrogen) atoms. The van der Waals surface area contributed by atoms with Gasteiger partial charge in [0.1, 0.15) is 5.41 Å². The Bertz CT molecular complexity index is 391. The van der Waals surface area contributed by atoms with Crippen molar-refractivity contribution in [2.75, 3.05) is 6.54 Å². The van der Waals surface area contributed by atoms with Crippen molar-refractivity contribution in [2.24, 2.45) is 16.3 Å². The van der Waals surface area contributed by atoms with Crippen LogP contribution < -0.4 is 16.4 Å². The Kier molecular flexibility index (Phi) is 5.79. The molecule has 1 saturated carbocycles. The van der Waals surface area contributed by atoms with Gasteiger partial charge in [-0.15, -0.1) is 0 Å². The van der Waals surface area contributed by atoms with Crippen molar-refractivity contribution in [3.05, 3.63) is 0 Å². The molecule has 1 unspecified atom stereocenters. The molecule has 1 fully saturated rings. The third kappa shape index (κ3) is 3.61. The van der Waals surface area contributed by atoms with Crippen LogP contribution in [0.2, 0.25) is 0 Å². The molecule has 0 aromatic rings. The fourth-order valence-corrected chi connectivity index (χ4v) is 2.13. The number of hydrogen-bond donors (Lipinski definition) is 4. The maximum absolute atomic E-state index is 12.1. The second-order valence-electron chi connectivity index (χ2n) is 5.30. The maximum atomic E-state index is 12.1. The molecule has 0 heterocycles. The van der Waals surface area contributed by atoms with E-state index in [1.54, 1.807) is 0 Å². The smallest absolute Gasteiger partial charge is 0.233 e. The van der Waals surface area contributed by atoms with E-state index in [0.29, 0.717) is 12.8 Å². The molecule has 0 aliphatic heterocycles. The van der Waals surface area contributed by atoms with Crippen molar-refractivity contribution in [1.82, 2.24) is 10.6 Å². The molecule has 7 heteroatoms. The van der Waals surface area contributed by atoms with E-state index in [2.05, 4.69) is 15.8 Å². The van der Waals surface area contributed by atoms with E-state index in [1.807, 2.05) is 13.8 Å². The summed E-state index contributed by atoms with van der Waals surface area (Å²) in [6.07, 6.45) is 3.12. The molecule has 0 aromatic heterocycles. The fraction of sp³-hybridized carbons (Fsp3) is 0.769. The van der Waals surface area contributed by atoms with Crippen LogP contribution in [0.25, 0.3) is 0 Å². The topological polar surface area (TPSA) is 117 Å². The fourth-order valence-electron chi connectivity index (χ4n) is 2.13. The molecule has 0 radical (unpaired) electrons. The van der Waals surface area contributed by atoms with Crippen LogP contribution in [-0.4, -0.2) is 35.4 Å². The van der Waals surface area contributed by atoms with Crippen LogP contribution in [0.4, 0.5) is 0 Å². The standard InChI is InChI=1S/C13H24N4O3/c1-3-9(2)16-10(18)5-8-15-12(19)13(6-4-7-13)11(14)17-20/h9,20H,3-8H2,1-2H3,(H2,14,17)(H,15,19)(H,16,18). The molecular weight excluding hydrogens is 260 g/mol. The van der Waals surface area contributed by atoms with Crippen molar-refractivity contribution < 1.29 is 14.8 Å². The summed E-state index contributed by atoms with van der Waals surface area (Å²) in [5.41, 5.74) is 4.70. The van der Waals surface area contributed by atoms with Gasteiger partial charge >= 0.3 is 0 Å². The highest BCUT2D eigenvalue weighted by Crippen LogP contribution is 2.41. The SMILES string of the molecule is CCC(C)NC(=O)CCNC(=O)C1(C(N)=NO)CCC1. The number of nitrogens with one attached hydrogen (secondary N) is 2. The highest BCUT2D eigenvalue weighted by molar-refractivity contribution is 6.07. The Morgan fingerprint density at radius 2 is 2.10 bits per heavy atom. The Labute approximate surface area is 119 Å². The van der Waals surface area contributed by atoms with Crippen LogP contribution in [0, 0.1) is 5.41 Å². The van der Waals surface area contributed by atoms with Gasteiger partial charge < -0.3 is 21.6 Å². The van der Waals surface area contributed by atoms with Crippen LogP contribution in [-0.2, 0) is 9.59 Å². The Hall–Kier alpha value is -1.79. The van der Waals surface area contributed by atoms with Gasteiger partial charge in [0, 0.05) is 19.0 Å². The normalized spacial score (nSPS) is 18.8. The van der Waals surface area contributed by atoms with Gasteiger partial charge in [0.05, 0.1) is 0 Å². The molecule has 1 aliphatic carbocycles. The highest BCUT2D eigenvalue weighted by Gasteiger charge is 2.48. The summed E-state index contributed by atoms with van der Waals surface area (Å²) in [6, 6.07) is 0.133. The van der Waals surface area contributed by atoms with Gasteiger partial charge in [-0.25, -0.2) is 0 Å². The first kappa shape index (κ1) is 16.3. The van der Waals surface area contributed by atoms with E-state index < -0.39 is 5.41 Å². The lowest BCUT2D eigenvalue weighted by atomic mass is 9.67. The molecule has 0 aromatic carbocycles. The minimum Gasteiger partial charge on any atom is -0.409 e. The lowest BCUT2D eigenvalue weighted by molar-refractivity contribution is -0.131. The van der Waals surface area contributed by atoms with E-state index in [0.717, 1.165) is 12.8 Å². The Balaban J connectivity index is 2.38. The molecule has 5 N–H and O–H groups in total. The summed E-state index contributed by atoms with van der Waals surface area (Å²) in [5, 5.41) is 17.2. The van der Waals surface area contributed by atoms with Crippen LogP contribution in [0.1, 0.15) is 46.0 Å². The quantitative estimate of drug-likeness (QED) is 0.233. The monoisotopic (exact) mass is 284 g/mol. The zero-order valence-electron chi connectivity index (χ0n) is 12.1. The van der Waals surface area contributed by atoms with Crippen molar-refractivity contribution >= 4 is 17.6 Å². The van der Waals surface area contributed by atoms with Crippen LogP contribution in [0.5, 0.6) is 0 Å². The number of oxime groups is 1. The number of nitrogens with zero attached hydrogens (tertiary/aromatic N) is 1. The Morgan fingerprint density at radius 1 is 1.45 bits per heavy atom. The Morgan fingerprint density at radius 3 is 2.55 bits per heavy atom. The molecule has 0 bridgehead atoms. The third-order valence-electron chi connectivity index (χ3n) is 3.90. The van der Waals surface area contributed by atoms with Gasteiger partial charge in [-0.3, -0.25) is 9.59 Å². The van der Waals surface area contributed by atoms with E-state index in [1.165, 1.54) is 0 Å². The number of amidine groups is 1. The second-order valence-corrected chi connectivity index (χ2v) is 5.30. The predicted molar refractivity (Wildman–Crippen MR) is 75.2 cm³/mol. The van der Waals surface area contributed by atoms with Gasteiger partial charge in [0.15, 0.2) is 5.84 Å². The van der Waals surface area contributed by atoms with Gasteiger partial charge in [-0.05, 0) is 26.2 Å². The van der Waals surface area contributed by atoms with Gasteiger partial charge in [0.25, 0.3) is 0 Å². The van der Waals surface area contributed by atoms with Crippen LogP contribution >= 0.6 is 0 Å². The first-order valence-electron chi connectivity index (χ1n) is 7.02. The zero-order valence-corrected chi connectivity index (χ0v) is 12.1. The van der Waals surface area contributed by atoms with Gasteiger partial charge in [0.2, 0.25) is 11.8 Å². The largest absolute Gasteiger partial charge is 0.409 e. The van der Waals surface area contributed by atoms with E-state index in [-0.39, 0.29) is 36.7 Å². The van der Waals surface area contributed by atoms with E-state index >= 15 is 0 Å². The number of rotatable bonds is 7. The lowest BCUT2D eigenvalue weighted by Gasteiger charge is -2.38. The molecular formula is C13H24N4O3. The van der Waals surface area contributed by atoms with Gasteiger partial charge in [-0.1, -0.05) is 18.5 Å². The highest BCUT2D eigenvalue weighted by atomic mass is 16.4. The average molecular weight is 284 g/mol. The average Bonchev–Trinajstić information content (AvgIpc) is 2.36. The van der Waals surface area contributed by atoms with Gasteiger partial charge in [-0.2, -0.15) is 0 Å². The van der Waals surface area contributed by atoms with Crippen LogP contribution in [0.3, 0.4) is 0 Å². The third-order valence-corrected chi connectivity index (χ3v) is 3.90. The summed E-state index contributed by atoms with van der Waals surface area (Å²) < 4.78 is 0. The number of hydrogen-bond acceptors (Lipinski definition) is 4. The molecule has 114 valence electrons. The number of amides is 2. The zero-order chi connectivity index (χ0) is 15.2. The number of nitrogens with two attached hydrogens (primary N) is 1. The molecule has 1 rings (SSSR count). The van der Waals surface area contributed by atoms with Crippen molar-refractivity contribution in [2.45, 2.75) is 52.0 Å². The molecule has 0 spiro atoms. The summed E-state index contributed by atoms with van der Waals surface area (Å²) in [6.45, 7) is 4.17.